The summed E-state index contributed by atoms with van der Waals surface area (Å²) >= 11 is 0. The predicted molar refractivity (Wildman–Crippen MR) is 99.8 cm³/mol. The van der Waals surface area contributed by atoms with E-state index in [1.165, 1.54) is 4.90 Å². The molecule has 0 saturated carbocycles. The van der Waals surface area contributed by atoms with E-state index in [-0.39, 0.29) is 12.3 Å². The van der Waals surface area contributed by atoms with Gasteiger partial charge in [-0.15, -0.1) is 0 Å². The van der Waals surface area contributed by atoms with Crippen LogP contribution in [0.5, 0.6) is 0 Å². The lowest BCUT2D eigenvalue weighted by atomic mass is 10.2. The molecule has 0 radical (unpaired) electrons. The second-order valence-electron chi connectivity index (χ2n) is 6.17. The minimum Gasteiger partial charge on any atom is -0.473 e. The van der Waals surface area contributed by atoms with E-state index in [9.17, 15) is 13.2 Å². The van der Waals surface area contributed by atoms with Crippen LogP contribution in [0, 0.1) is 0 Å². The maximum atomic E-state index is 12.4. The number of carboxylic acids is 2. The first-order valence-electron chi connectivity index (χ1n) is 8.78. The molecule has 0 atom stereocenters. The van der Waals surface area contributed by atoms with Gasteiger partial charge >= 0.3 is 11.9 Å². The number of nitrogens with zero attached hydrogens (tertiary/aromatic N) is 3. The average Bonchev–Trinajstić information content (AvgIpc) is 2.96. The molecule has 0 aliphatic carbocycles. The summed E-state index contributed by atoms with van der Waals surface area (Å²) < 4.78 is 26.3. The van der Waals surface area contributed by atoms with Gasteiger partial charge in [0.25, 0.3) is 0 Å². The lowest BCUT2D eigenvalue weighted by Crippen LogP contribution is -2.38. The lowest BCUT2D eigenvalue weighted by Gasteiger charge is -2.22. The topological polar surface area (TPSA) is 145 Å². The number of pyridine rings is 1. The highest BCUT2D eigenvalue weighted by Gasteiger charge is 2.23. The molecule has 0 spiro atoms. The number of carboxylic acid groups (broad SMARTS) is 2. The molecule has 1 fully saturated rings. The van der Waals surface area contributed by atoms with Gasteiger partial charge in [0.15, 0.2) is 0 Å². The molecule has 2 rings (SSSR count). The summed E-state index contributed by atoms with van der Waals surface area (Å²) in [5.74, 6) is -3.67. The Labute approximate surface area is 163 Å². The van der Waals surface area contributed by atoms with Crippen LogP contribution in [-0.2, 0) is 31.0 Å². The number of carbonyl (C=O) groups is 3. The zero-order chi connectivity index (χ0) is 21.0. The van der Waals surface area contributed by atoms with Crippen molar-refractivity contribution in [3.63, 3.8) is 0 Å². The van der Waals surface area contributed by atoms with Gasteiger partial charge in [0.05, 0.1) is 5.75 Å². The highest BCUT2D eigenvalue weighted by atomic mass is 32.2. The van der Waals surface area contributed by atoms with Crippen LogP contribution < -0.4 is 0 Å². The molecule has 10 nitrogen and oxygen atoms in total. The third kappa shape index (κ3) is 8.91. The zero-order valence-corrected chi connectivity index (χ0v) is 16.3. The Morgan fingerprint density at radius 2 is 1.61 bits per heavy atom. The van der Waals surface area contributed by atoms with Gasteiger partial charge in [-0.05, 0) is 30.5 Å². The molecule has 1 amide bonds. The van der Waals surface area contributed by atoms with Crippen LogP contribution in [0.2, 0.25) is 0 Å². The van der Waals surface area contributed by atoms with Crippen LogP contribution in [0.4, 0.5) is 0 Å². The summed E-state index contributed by atoms with van der Waals surface area (Å²) in [6.07, 6.45) is 8.06. The largest absolute Gasteiger partial charge is 0.473 e. The Morgan fingerprint density at radius 3 is 2.07 bits per heavy atom. The first kappa shape index (κ1) is 23.5. The number of carbonyl (C=O) groups excluding carboxylic acids is 1. The maximum absolute atomic E-state index is 12.4. The van der Waals surface area contributed by atoms with Gasteiger partial charge in [-0.2, -0.15) is 0 Å². The molecule has 1 aromatic heterocycles. The van der Waals surface area contributed by atoms with E-state index in [1.807, 2.05) is 12.1 Å². The first-order valence-corrected chi connectivity index (χ1v) is 10.4. The van der Waals surface area contributed by atoms with Crippen LogP contribution in [-0.4, -0.2) is 76.6 Å². The van der Waals surface area contributed by atoms with E-state index in [0.29, 0.717) is 26.0 Å². The van der Waals surface area contributed by atoms with Gasteiger partial charge in [0, 0.05) is 38.6 Å². The number of aliphatic carboxylic acids is 2. The molecule has 11 heteroatoms. The number of aromatic nitrogens is 1. The van der Waals surface area contributed by atoms with Gasteiger partial charge in [-0.1, -0.05) is 12.8 Å². The van der Waals surface area contributed by atoms with Crippen molar-refractivity contribution in [1.82, 2.24) is 14.2 Å². The Morgan fingerprint density at radius 1 is 1.07 bits per heavy atom. The predicted octanol–water partition coefficient (Wildman–Crippen LogP) is 0.401. The molecule has 2 N–H and O–H groups in total. The Bertz CT molecular complexity index is 720. The van der Waals surface area contributed by atoms with Crippen LogP contribution in [0.25, 0.3) is 0 Å². The molecule has 0 bridgehead atoms. The first-order chi connectivity index (χ1) is 13.3. The van der Waals surface area contributed by atoms with Crippen LogP contribution in [0.15, 0.2) is 24.5 Å². The smallest absolute Gasteiger partial charge is 0.414 e. The molecule has 1 aliphatic heterocycles. The van der Waals surface area contributed by atoms with E-state index >= 15 is 0 Å². The van der Waals surface area contributed by atoms with Crippen molar-refractivity contribution >= 4 is 28.4 Å². The summed E-state index contributed by atoms with van der Waals surface area (Å²) in [7, 11) is -3.28. The highest BCUT2D eigenvalue weighted by molar-refractivity contribution is 7.89. The quantitative estimate of drug-likeness (QED) is 0.481. The second kappa shape index (κ2) is 12.0. The Kier molecular flexibility index (Phi) is 10.1. The van der Waals surface area contributed by atoms with Crippen molar-refractivity contribution in [1.29, 1.82) is 0 Å². The van der Waals surface area contributed by atoms with Crippen molar-refractivity contribution < 1.29 is 33.0 Å². The highest BCUT2D eigenvalue weighted by Crippen LogP contribution is 2.14. The fourth-order valence-electron chi connectivity index (χ4n) is 2.57. The van der Waals surface area contributed by atoms with Crippen molar-refractivity contribution in [2.75, 3.05) is 25.4 Å². The second-order valence-corrected chi connectivity index (χ2v) is 8.26. The molecule has 1 aliphatic rings. The minimum atomic E-state index is -3.28. The number of sulfonamides is 1. The van der Waals surface area contributed by atoms with E-state index < -0.39 is 22.0 Å². The van der Waals surface area contributed by atoms with Crippen molar-refractivity contribution in [3.8, 4) is 0 Å². The van der Waals surface area contributed by atoms with Gasteiger partial charge in [-0.25, -0.2) is 22.3 Å². The van der Waals surface area contributed by atoms with E-state index in [0.717, 1.165) is 31.2 Å². The SMILES string of the molecule is O=C(O)C(=O)O.O=CN(CCS(=O)(=O)N1CCCCCC1)Cc1ccncc1. The average molecular weight is 415 g/mol. The molecule has 1 saturated heterocycles. The van der Waals surface area contributed by atoms with Crippen LogP contribution in [0.3, 0.4) is 0 Å². The third-order valence-electron chi connectivity index (χ3n) is 4.06. The van der Waals surface area contributed by atoms with Gasteiger partial charge in [0.1, 0.15) is 0 Å². The third-order valence-corrected chi connectivity index (χ3v) is 5.91. The Hall–Kier alpha value is -2.53. The van der Waals surface area contributed by atoms with Crippen LogP contribution >= 0.6 is 0 Å². The molecule has 1 aromatic rings. The summed E-state index contributed by atoms with van der Waals surface area (Å²) in [5, 5.41) is 14.8. The summed E-state index contributed by atoms with van der Waals surface area (Å²) in [5.41, 5.74) is 0.939. The molecule has 2 heterocycles. The molecular formula is C17H25N3O7S. The van der Waals surface area contributed by atoms with Gasteiger partial charge < -0.3 is 15.1 Å². The fraction of sp³-hybridized carbons (Fsp3) is 0.529. The summed E-state index contributed by atoms with van der Waals surface area (Å²) in [4.78, 5) is 34.8. The van der Waals surface area contributed by atoms with Crippen molar-refractivity contribution in [2.24, 2.45) is 0 Å². The number of hydrogen-bond donors (Lipinski definition) is 2. The monoisotopic (exact) mass is 415 g/mol. The summed E-state index contributed by atoms with van der Waals surface area (Å²) in [6, 6.07) is 3.64. The molecule has 0 aromatic carbocycles. The number of amides is 1. The molecule has 156 valence electrons. The normalized spacial score (nSPS) is 14.9. The zero-order valence-electron chi connectivity index (χ0n) is 15.4. The minimum absolute atomic E-state index is 0.0170. The van der Waals surface area contributed by atoms with E-state index in [1.54, 1.807) is 16.7 Å². The van der Waals surface area contributed by atoms with Gasteiger partial charge in [-0.3, -0.25) is 9.78 Å². The fourth-order valence-corrected chi connectivity index (χ4v) is 4.11. The van der Waals surface area contributed by atoms with E-state index in [4.69, 9.17) is 19.8 Å². The van der Waals surface area contributed by atoms with Crippen molar-refractivity contribution in [2.45, 2.75) is 32.2 Å². The Balaban J connectivity index is 0.000000568. The molecule has 0 unspecified atom stereocenters. The van der Waals surface area contributed by atoms with Crippen molar-refractivity contribution in [3.05, 3.63) is 30.1 Å². The molecule has 28 heavy (non-hydrogen) atoms. The van der Waals surface area contributed by atoms with Crippen LogP contribution in [0.1, 0.15) is 31.2 Å². The standard InChI is InChI=1S/C15H23N3O3S.C2H2O4/c19-14-17(13-15-5-7-16-8-6-15)11-12-22(20,21)18-9-3-1-2-4-10-18;3-1(4)2(5)6/h5-8,14H,1-4,9-13H2;(H,3,4)(H,5,6). The number of rotatable bonds is 7. The van der Waals surface area contributed by atoms with E-state index in [2.05, 4.69) is 4.98 Å². The molecular weight excluding hydrogens is 390 g/mol. The van der Waals surface area contributed by atoms with Gasteiger partial charge in [0.2, 0.25) is 16.4 Å². The lowest BCUT2D eigenvalue weighted by molar-refractivity contribution is -0.159. The number of hydrogen-bond acceptors (Lipinski definition) is 6. The maximum Gasteiger partial charge on any atom is 0.414 e. The summed E-state index contributed by atoms with van der Waals surface area (Å²) in [6.45, 7) is 1.83.